The highest BCUT2D eigenvalue weighted by Crippen LogP contribution is 2.51. The van der Waals surface area contributed by atoms with Crippen molar-refractivity contribution in [2.45, 2.75) is 89.9 Å². The monoisotopic (exact) mass is 422 g/mol. The van der Waals surface area contributed by atoms with Crippen molar-refractivity contribution in [3.63, 3.8) is 0 Å². The summed E-state index contributed by atoms with van der Waals surface area (Å²) in [6.07, 6.45) is 0.144. The lowest BCUT2D eigenvalue weighted by molar-refractivity contribution is -0.183. The molecule has 0 aromatic heterocycles. The molecule has 6 heteroatoms. The van der Waals surface area contributed by atoms with Crippen LogP contribution in [0.1, 0.15) is 46.6 Å². The maximum absolute atomic E-state index is 10.4. The van der Waals surface area contributed by atoms with Crippen LogP contribution in [-0.4, -0.2) is 50.7 Å². The highest BCUT2D eigenvalue weighted by atomic mass is 28.4. The zero-order chi connectivity index (χ0) is 21.5. The molecule has 1 heterocycles. The molecule has 4 atom stereocenters. The van der Waals surface area contributed by atoms with E-state index in [0.29, 0.717) is 19.6 Å². The molecule has 29 heavy (non-hydrogen) atoms. The second-order valence-corrected chi connectivity index (χ2v) is 15.4. The van der Waals surface area contributed by atoms with Gasteiger partial charge in [-0.1, -0.05) is 51.1 Å². The molecule has 1 aliphatic carbocycles. The van der Waals surface area contributed by atoms with Gasteiger partial charge in [-0.05, 0) is 44.0 Å². The highest BCUT2D eigenvalue weighted by molar-refractivity contribution is 6.74. The number of benzene rings is 1. The Hall–Kier alpha value is -0.763. The van der Waals surface area contributed by atoms with Gasteiger partial charge in [-0.2, -0.15) is 0 Å². The SMILES string of the molecule is CC1(C)O[C@H]2[C@H](O[Si](C)(C)C(C)(C)C)C[C@@](CO)(COCc3ccccc3)[C@H]2O1. The summed E-state index contributed by atoms with van der Waals surface area (Å²) in [5.41, 5.74) is 0.591. The van der Waals surface area contributed by atoms with Crippen molar-refractivity contribution >= 4 is 8.32 Å². The van der Waals surface area contributed by atoms with Gasteiger partial charge in [0.25, 0.3) is 0 Å². The fourth-order valence-electron chi connectivity index (χ4n) is 4.12. The molecule has 164 valence electrons. The highest BCUT2D eigenvalue weighted by Gasteiger charge is 2.63. The van der Waals surface area contributed by atoms with Crippen LogP contribution in [0, 0.1) is 5.41 Å². The lowest BCUT2D eigenvalue weighted by Gasteiger charge is -2.40. The first kappa shape index (κ1) is 22.9. The molecule has 1 aliphatic heterocycles. The molecule has 1 aromatic rings. The number of aliphatic hydroxyl groups is 1. The summed E-state index contributed by atoms with van der Waals surface area (Å²) in [4.78, 5) is 0. The molecule has 0 spiro atoms. The van der Waals surface area contributed by atoms with Crippen molar-refractivity contribution < 1.29 is 23.7 Å². The number of rotatable bonds is 7. The smallest absolute Gasteiger partial charge is 0.192 e. The Morgan fingerprint density at radius 2 is 1.79 bits per heavy atom. The second-order valence-electron chi connectivity index (χ2n) is 10.6. The lowest BCUT2D eigenvalue weighted by Crippen LogP contribution is -2.46. The van der Waals surface area contributed by atoms with Crippen LogP contribution in [0.5, 0.6) is 0 Å². The van der Waals surface area contributed by atoms with E-state index in [2.05, 4.69) is 33.9 Å². The predicted molar refractivity (Wildman–Crippen MR) is 116 cm³/mol. The van der Waals surface area contributed by atoms with E-state index in [9.17, 15) is 5.11 Å². The zero-order valence-corrected chi connectivity index (χ0v) is 20.0. The van der Waals surface area contributed by atoms with Gasteiger partial charge in [0.1, 0.15) is 6.10 Å². The van der Waals surface area contributed by atoms with Crippen molar-refractivity contribution in [3.8, 4) is 0 Å². The number of aliphatic hydroxyl groups excluding tert-OH is 1. The van der Waals surface area contributed by atoms with Gasteiger partial charge in [-0.25, -0.2) is 0 Å². The standard InChI is InChI=1S/C23H38O5Si/c1-21(2,3)29(6,7)28-18-13-23(15-24,20-19(18)26-22(4,5)27-20)16-25-14-17-11-9-8-10-12-17/h8-12,18-20,24H,13-16H2,1-7H3/t18-,19+,20+,23-/m1/s1. The molecule has 1 N–H and O–H groups in total. The van der Waals surface area contributed by atoms with Gasteiger partial charge in [-0.3, -0.25) is 0 Å². The Morgan fingerprint density at radius 3 is 2.38 bits per heavy atom. The number of ether oxygens (including phenoxy) is 3. The number of hydrogen-bond acceptors (Lipinski definition) is 5. The minimum atomic E-state index is -1.99. The summed E-state index contributed by atoms with van der Waals surface area (Å²) in [5, 5.41) is 10.6. The third-order valence-corrected chi connectivity index (χ3v) is 11.3. The molecule has 2 aliphatic rings. The minimum absolute atomic E-state index is 0.0141. The van der Waals surface area contributed by atoms with Crippen molar-refractivity contribution in [3.05, 3.63) is 35.9 Å². The van der Waals surface area contributed by atoms with E-state index < -0.39 is 19.5 Å². The summed E-state index contributed by atoms with van der Waals surface area (Å²) in [6, 6.07) is 10.1. The second kappa shape index (κ2) is 8.06. The van der Waals surface area contributed by atoms with Crippen LogP contribution in [0.15, 0.2) is 30.3 Å². The third kappa shape index (κ3) is 4.78. The van der Waals surface area contributed by atoms with Gasteiger partial charge in [-0.15, -0.1) is 0 Å². The summed E-state index contributed by atoms with van der Waals surface area (Å²) >= 11 is 0. The molecule has 3 rings (SSSR count). The Labute approximate surface area is 176 Å². The van der Waals surface area contributed by atoms with Crippen molar-refractivity contribution in [2.24, 2.45) is 5.41 Å². The molecule has 0 unspecified atom stereocenters. The van der Waals surface area contributed by atoms with Gasteiger partial charge in [0.2, 0.25) is 0 Å². The maximum atomic E-state index is 10.4. The Morgan fingerprint density at radius 1 is 1.14 bits per heavy atom. The fourth-order valence-corrected chi connectivity index (χ4v) is 5.45. The van der Waals surface area contributed by atoms with Crippen molar-refractivity contribution in [1.29, 1.82) is 0 Å². The number of fused-ring (bicyclic) bond motifs is 1. The molecule has 1 saturated heterocycles. The molecule has 5 nitrogen and oxygen atoms in total. The van der Waals surface area contributed by atoms with Crippen LogP contribution in [0.25, 0.3) is 0 Å². The van der Waals surface area contributed by atoms with Crippen LogP contribution < -0.4 is 0 Å². The molecule has 0 amide bonds. The molecular formula is C23H38O5Si. The predicted octanol–water partition coefficient (Wildman–Crippen LogP) is 4.50. The van der Waals surface area contributed by atoms with E-state index in [0.717, 1.165) is 5.56 Å². The van der Waals surface area contributed by atoms with Crippen molar-refractivity contribution in [2.75, 3.05) is 13.2 Å². The zero-order valence-electron chi connectivity index (χ0n) is 19.0. The van der Waals surface area contributed by atoms with E-state index in [1.807, 2.05) is 44.2 Å². The Bertz CT molecular complexity index is 684. The molecule has 1 aromatic carbocycles. The summed E-state index contributed by atoms with van der Waals surface area (Å²) in [7, 11) is -1.99. The summed E-state index contributed by atoms with van der Waals surface area (Å²) in [6.45, 7) is 16.0. The summed E-state index contributed by atoms with van der Waals surface area (Å²) < 4.78 is 25.4. The normalized spacial score (nSPS) is 31.8. The Balaban J connectivity index is 1.77. The molecular weight excluding hydrogens is 384 g/mol. The molecule has 2 fully saturated rings. The van der Waals surface area contributed by atoms with E-state index in [1.165, 1.54) is 0 Å². The quantitative estimate of drug-likeness (QED) is 0.656. The van der Waals surface area contributed by atoms with Gasteiger partial charge < -0.3 is 23.7 Å². The van der Waals surface area contributed by atoms with Gasteiger partial charge >= 0.3 is 0 Å². The maximum Gasteiger partial charge on any atom is 0.192 e. The first-order valence-corrected chi connectivity index (χ1v) is 13.6. The van der Waals surface area contributed by atoms with Crippen LogP contribution in [-0.2, 0) is 25.2 Å². The average molecular weight is 423 g/mol. The van der Waals surface area contributed by atoms with Gasteiger partial charge in [0.15, 0.2) is 14.1 Å². The largest absolute Gasteiger partial charge is 0.411 e. The lowest BCUT2D eigenvalue weighted by atomic mass is 9.85. The molecule has 1 saturated carbocycles. The molecule has 0 bridgehead atoms. The topological polar surface area (TPSA) is 57.2 Å². The average Bonchev–Trinajstić information content (AvgIpc) is 3.08. The first-order chi connectivity index (χ1) is 13.4. The van der Waals surface area contributed by atoms with Crippen LogP contribution in [0.2, 0.25) is 18.1 Å². The third-order valence-electron chi connectivity index (χ3n) is 6.77. The minimum Gasteiger partial charge on any atom is -0.411 e. The fraction of sp³-hybridized carbons (Fsp3) is 0.739. The van der Waals surface area contributed by atoms with Crippen molar-refractivity contribution in [1.82, 2.24) is 0 Å². The van der Waals surface area contributed by atoms with Gasteiger partial charge in [0.05, 0.1) is 32.0 Å². The van der Waals surface area contributed by atoms with E-state index in [-0.39, 0.29) is 30.0 Å². The van der Waals surface area contributed by atoms with E-state index in [4.69, 9.17) is 18.6 Å². The summed E-state index contributed by atoms with van der Waals surface area (Å²) in [5.74, 6) is -0.690. The van der Waals surface area contributed by atoms with Crippen LogP contribution in [0.4, 0.5) is 0 Å². The van der Waals surface area contributed by atoms with Gasteiger partial charge in [0, 0.05) is 5.41 Å². The van der Waals surface area contributed by atoms with Crippen LogP contribution >= 0.6 is 0 Å². The van der Waals surface area contributed by atoms with Crippen LogP contribution in [0.3, 0.4) is 0 Å². The Kier molecular flexibility index (Phi) is 6.37. The van der Waals surface area contributed by atoms with E-state index >= 15 is 0 Å². The first-order valence-electron chi connectivity index (χ1n) is 10.7. The number of hydrogen-bond donors (Lipinski definition) is 1. The van der Waals surface area contributed by atoms with E-state index in [1.54, 1.807) is 0 Å². The molecule has 0 radical (unpaired) electrons.